The van der Waals surface area contributed by atoms with Crippen molar-refractivity contribution in [2.24, 2.45) is 0 Å². The van der Waals surface area contributed by atoms with Crippen molar-refractivity contribution in [3.63, 3.8) is 0 Å². The minimum absolute atomic E-state index is 0.144. The smallest absolute Gasteiger partial charge is 0.377 e. The number of rotatable bonds is 3. The highest BCUT2D eigenvalue weighted by Crippen LogP contribution is 2.31. The lowest BCUT2D eigenvalue weighted by atomic mass is 10.0. The third-order valence-corrected chi connectivity index (χ3v) is 3.66. The van der Waals surface area contributed by atoms with Crippen LogP contribution in [0, 0.1) is 0 Å². The summed E-state index contributed by atoms with van der Waals surface area (Å²) in [6, 6.07) is 10.8. The van der Waals surface area contributed by atoms with Gasteiger partial charge in [-0.1, -0.05) is 36.4 Å². The van der Waals surface area contributed by atoms with Gasteiger partial charge in [-0.25, -0.2) is 0 Å². The molecule has 0 radical (unpaired) electrons. The fraction of sp³-hybridized carbons (Fsp3) is 0.143. The monoisotopic (exact) mass is 314 g/mol. The SMILES string of the molecule is OC(O)(O[SiH3])c1ccc(-c2ccc(C(F)(F)F)cc2)cc1. The van der Waals surface area contributed by atoms with Gasteiger partial charge in [0.05, 0.1) is 5.56 Å². The molecule has 3 nitrogen and oxygen atoms in total. The molecule has 0 bridgehead atoms. The van der Waals surface area contributed by atoms with Crippen molar-refractivity contribution in [1.29, 1.82) is 0 Å². The number of hydrogen-bond donors (Lipinski definition) is 2. The molecule has 0 aromatic heterocycles. The Hall–Kier alpha value is -1.67. The largest absolute Gasteiger partial charge is 0.416 e. The molecule has 112 valence electrons. The van der Waals surface area contributed by atoms with Crippen LogP contribution in [0.2, 0.25) is 0 Å². The number of alkyl halides is 3. The molecule has 0 atom stereocenters. The summed E-state index contributed by atoms with van der Waals surface area (Å²) >= 11 is 0. The van der Waals surface area contributed by atoms with Gasteiger partial charge in [-0.05, 0) is 23.3 Å². The zero-order chi connectivity index (χ0) is 15.7. The van der Waals surface area contributed by atoms with Crippen molar-refractivity contribution in [3.05, 3.63) is 59.7 Å². The zero-order valence-corrected chi connectivity index (χ0v) is 13.1. The normalized spacial score (nSPS) is 12.6. The number of halogens is 3. The third-order valence-electron chi connectivity index (χ3n) is 3.09. The van der Waals surface area contributed by atoms with Crippen molar-refractivity contribution < 1.29 is 27.8 Å². The molecule has 7 heteroatoms. The fourth-order valence-corrected chi connectivity index (χ4v) is 2.09. The second-order valence-corrected chi connectivity index (χ2v) is 4.87. The van der Waals surface area contributed by atoms with Crippen LogP contribution >= 0.6 is 0 Å². The summed E-state index contributed by atoms with van der Waals surface area (Å²) in [7, 11) is 0.144. The second-order valence-electron chi connectivity index (χ2n) is 4.46. The van der Waals surface area contributed by atoms with Gasteiger partial charge in [0.2, 0.25) is 0 Å². The molecule has 0 amide bonds. The van der Waals surface area contributed by atoms with Crippen molar-refractivity contribution in [1.82, 2.24) is 0 Å². The molecular weight excluding hydrogens is 301 g/mol. The Morgan fingerprint density at radius 1 is 0.762 bits per heavy atom. The van der Waals surface area contributed by atoms with Crippen LogP contribution in [0.3, 0.4) is 0 Å². The molecule has 0 aliphatic carbocycles. The van der Waals surface area contributed by atoms with Crippen molar-refractivity contribution >= 4 is 10.5 Å². The van der Waals surface area contributed by atoms with Gasteiger partial charge in [-0.3, -0.25) is 0 Å². The van der Waals surface area contributed by atoms with Crippen LogP contribution in [0.4, 0.5) is 13.2 Å². The standard InChI is InChI=1S/C14H13F3O3Si/c15-13(16,17)11-5-1-9(2-6-11)10-3-7-12(8-4-10)14(18,19)20-21/h1-8,18-19H,21H3. The molecule has 0 fully saturated rings. The van der Waals surface area contributed by atoms with Gasteiger partial charge in [-0.2, -0.15) is 13.2 Å². The predicted octanol–water partition coefficient (Wildman–Crippen LogP) is 1.76. The minimum Gasteiger partial charge on any atom is -0.377 e. The van der Waals surface area contributed by atoms with Crippen LogP contribution in [0.25, 0.3) is 11.1 Å². The maximum Gasteiger partial charge on any atom is 0.416 e. The van der Waals surface area contributed by atoms with E-state index in [0.29, 0.717) is 11.1 Å². The first-order valence-corrected chi connectivity index (χ1v) is 6.84. The quantitative estimate of drug-likeness (QED) is 0.670. The van der Waals surface area contributed by atoms with Crippen LogP contribution in [0.1, 0.15) is 11.1 Å². The predicted molar refractivity (Wildman–Crippen MR) is 74.0 cm³/mol. The molecule has 2 aromatic carbocycles. The van der Waals surface area contributed by atoms with Crippen LogP contribution in [0.5, 0.6) is 0 Å². The van der Waals surface area contributed by atoms with Crippen molar-refractivity contribution in [3.8, 4) is 11.1 Å². The van der Waals surface area contributed by atoms with E-state index in [-0.39, 0.29) is 16.0 Å². The van der Waals surface area contributed by atoms with Gasteiger partial charge in [0.25, 0.3) is 5.97 Å². The van der Waals surface area contributed by atoms with Crippen LogP contribution in [0.15, 0.2) is 48.5 Å². The first kappa shape index (κ1) is 15.7. The molecule has 2 N–H and O–H groups in total. The molecule has 2 rings (SSSR count). The summed E-state index contributed by atoms with van der Waals surface area (Å²) in [4.78, 5) is 0. The highest BCUT2D eigenvalue weighted by molar-refractivity contribution is 5.98. The summed E-state index contributed by atoms with van der Waals surface area (Å²) < 4.78 is 42.1. The van der Waals surface area contributed by atoms with Gasteiger partial charge in [0.15, 0.2) is 10.5 Å². The van der Waals surface area contributed by atoms with E-state index in [1.165, 1.54) is 24.3 Å². The number of aliphatic hydroxyl groups is 2. The average molecular weight is 314 g/mol. The number of benzene rings is 2. The van der Waals surface area contributed by atoms with Gasteiger partial charge in [-0.15, -0.1) is 0 Å². The molecule has 0 saturated heterocycles. The van der Waals surface area contributed by atoms with E-state index in [2.05, 4.69) is 4.43 Å². The van der Waals surface area contributed by atoms with E-state index >= 15 is 0 Å². The zero-order valence-electron chi connectivity index (χ0n) is 11.1. The Bertz CT molecular complexity index is 607. The maximum absolute atomic E-state index is 12.5. The topological polar surface area (TPSA) is 49.7 Å². The van der Waals surface area contributed by atoms with Crippen LogP contribution in [-0.4, -0.2) is 20.7 Å². The van der Waals surface area contributed by atoms with E-state index in [9.17, 15) is 23.4 Å². The Balaban J connectivity index is 2.27. The highest BCUT2D eigenvalue weighted by Gasteiger charge is 2.30. The molecule has 21 heavy (non-hydrogen) atoms. The molecular formula is C14H13F3O3Si. The van der Waals surface area contributed by atoms with Crippen molar-refractivity contribution in [2.75, 3.05) is 0 Å². The van der Waals surface area contributed by atoms with Crippen LogP contribution < -0.4 is 0 Å². The lowest BCUT2D eigenvalue weighted by molar-refractivity contribution is -0.303. The maximum atomic E-state index is 12.5. The second kappa shape index (κ2) is 5.61. The van der Waals surface area contributed by atoms with Gasteiger partial charge < -0.3 is 14.6 Å². The third kappa shape index (κ3) is 3.51. The Kier molecular flexibility index (Phi) is 4.19. The van der Waals surface area contributed by atoms with E-state index in [0.717, 1.165) is 12.1 Å². The summed E-state index contributed by atoms with van der Waals surface area (Å²) in [5.74, 6) is -2.33. The molecule has 0 saturated carbocycles. The molecule has 0 unspecified atom stereocenters. The molecule has 0 aliphatic rings. The van der Waals surface area contributed by atoms with Crippen molar-refractivity contribution in [2.45, 2.75) is 12.1 Å². The average Bonchev–Trinajstić information content (AvgIpc) is 2.47. The molecule has 2 aromatic rings. The number of hydrogen-bond acceptors (Lipinski definition) is 3. The van der Waals surface area contributed by atoms with Gasteiger partial charge in [0.1, 0.15) is 0 Å². The lowest BCUT2D eigenvalue weighted by Gasteiger charge is -2.20. The first-order valence-electron chi connectivity index (χ1n) is 6.02. The Morgan fingerprint density at radius 2 is 1.14 bits per heavy atom. The van der Waals surface area contributed by atoms with E-state index in [4.69, 9.17) is 0 Å². The molecule has 0 aliphatic heterocycles. The minimum atomic E-state index is -4.36. The summed E-state index contributed by atoms with van der Waals surface area (Å²) in [6.07, 6.45) is -4.36. The summed E-state index contributed by atoms with van der Waals surface area (Å²) in [5.41, 5.74) is 0.713. The van der Waals surface area contributed by atoms with E-state index in [1.807, 2.05) is 0 Å². The van der Waals surface area contributed by atoms with Gasteiger partial charge >= 0.3 is 6.18 Å². The summed E-state index contributed by atoms with van der Waals surface area (Å²) in [6.45, 7) is 0. The first-order chi connectivity index (χ1) is 9.74. The van der Waals surface area contributed by atoms with E-state index in [1.54, 1.807) is 12.1 Å². The summed E-state index contributed by atoms with van der Waals surface area (Å²) in [5, 5.41) is 19.0. The Morgan fingerprint density at radius 3 is 1.48 bits per heavy atom. The van der Waals surface area contributed by atoms with Crippen LogP contribution in [-0.2, 0) is 16.6 Å². The van der Waals surface area contributed by atoms with E-state index < -0.39 is 17.7 Å². The van der Waals surface area contributed by atoms with Gasteiger partial charge in [0, 0.05) is 5.56 Å². The highest BCUT2D eigenvalue weighted by atomic mass is 28.2. The Labute approximate surface area is 122 Å². The molecule has 0 heterocycles. The fourth-order valence-electron chi connectivity index (χ4n) is 1.85. The lowest BCUT2D eigenvalue weighted by Crippen LogP contribution is -2.27. The molecule has 0 spiro atoms.